The SMILES string of the molecule is N#Cc1cccc(C(=O)NCC(O)c2ccc3c(c2)CCO3)c1. The number of rotatable bonds is 4. The molecule has 2 N–H and O–H groups in total. The summed E-state index contributed by atoms with van der Waals surface area (Å²) in [7, 11) is 0. The molecule has 1 amide bonds. The highest BCUT2D eigenvalue weighted by molar-refractivity contribution is 5.94. The van der Waals surface area contributed by atoms with Crippen molar-refractivity contribution in [2.45, 2.75) is 12.5 Å². The van der Waals surface area contributed by atoms with Crippen molar-refractivity contribution in [3.8, 4) is 11.8 Å². The van der Waals surface area contributed by atoms with Crippen LogP contribution in [0.5, 0.6) is 5.75 Å². The van der Waals surface area contributed by atoms with E-state index >= 15 is 0 Å². The van der Waals surface area contributed by atoms with Crippen LogP contribution in [0.25, 0.3) is 0 Å². The van der Waals surface area contributed by atoms with Gasteiger partial charge in [0.1, 0.15) is 5.75 Å². The standard InChI is InChI=1S/C18H16N2O3/c19-10-12-2-1-3-15(8-12)18(22)20-11-16(21)13-4-5-17-14(9-13)6-7-23-17/h1-5,8-9,16,21H,6-7,11H2,(H,20,22). The Kier molecular flexibility index (Phi) is 4.26. The number of aliphatic hydroxyl groups is 1. The molecule has 0 saturated heterocycles. The minimum Gasteiger partial charge on any atom is -0.493 e. The summed E-state index contributed by atoms with van der Waals surface area (Å²) < 4.78 is 5.43. The Hall–Kier alpha value is -2.84. The van der Waals surface area contributed by atoms with Crippen molar-refractivity contribution in [1.82, 2.24) is 5.32 Å². The number of amides is 1. The van der Waals surface area contributed by atoms with E-state index in [1.54, 1.807) is 24.3 Å². The fourth-order valence-electron chi connectivity index (χ4n) is 2.55. The number of fused-ring (bicyclic) bond motifs is 1. The number of hydrogen-bond acceptors (Lipinski definition) is 4. The van der Waals surface area contributed by atoms with Crippen LogP contribution in [-0.2, 0) is 6.42 Å². The maximum atomic E-state index is 12.1. The number of nitriles is 1. The van der Waals surface area contributed by atoms with Crippen LogP contribution in [0.3, 0.4) is 0 Å². The number of nitrogens with one attached hydrogen (secondary N) is 1. The molecule has 5 nitrogen and oxygen atoms in total. The van der Waals surface area contributed by atoms with Crippen molar-refractivity contribution in [3.63, 3.8) is 0 Å². The average molecular weight is 308 g/mol. The Morgan fingerprint density at radius 3 is 3.04 bits per heavy atom. The fraction of sp³-hybridized carbons (Fsp3) is 0.222. The van der Waals surface area contributed by atoms with Crippen molar-refractivity contribution in [2.24, 2.45) is 0 Å². The van der Waals surface area contributed by atoms with Gasteiger partial charge in [0.25, 0.3) is 5.91 Å². The van der Waals surface area contributed by atoms with E-state index in [1.807, 2.05) is 18.2 Å². The fourth-order valence-corrected chi connectivity index (χ4v) is 2.55. The predicted molar refractivity (Wildman–Crippen MR) is 84.1 cm³/mol. The predicted octanol–water partition coefficient (Wildman–Crippen LogP) is 1.96. The second-order valence-corrected chi connectivity index (χ2v) is 5.38. The van der Waals surface area contributed by atoms with Crippen LogP contribution in [0.4, 0.5) is 0 Å². The molecule has 0 bridgehead atoms. The highest BCUT2D eigenvalue weighted by atomic mass is 16.5. The summed E-state index contributed by atoms with van der Waals surface area (Å²) in [6, 6.07) is 14.0. The monoisotopic (exact) mass is 308 g/mol. The number of hydrogen-bond donors (Lipinski definition) is 2. The molecule has 5 heteroatoms. The first-order chi connectivity index (χ1) is 11.2. The largest absolute Gasteiger partial charge is 0.493 e. The van der Waals surface area contributed by atoms with Crippen LogP contribution in [0, 0.1) is 11.3 Å². The van der Waals surface area contributed by atoms with Gasteiger partial charge in [0.15, 0.2) is 0 Å². The van der Waals surface area contributed by atoms with E-state index in [0.717, 1.165) is 23.3 Å². The van der Waals surface area contributed by atoms with E-state index in [4.69, 9.17) is 10.00 Å². The van der Waals surface area contributed by atoms with Gasteiger partial charge < -0.3 is 15.2 Å². The minimum atomic E-state index is -0.788. The first kappa shape index (κ1) is 15.1. The highest BCUT2D eigenvalue weighted by Crippen LogP contribution is 2.28. The molecule has 0 aliphatic carbocycles. The Balaban J connectivity index is 1.63. The lowest BCUT2D eigenvalue weighted by molar-refractivity contribution is 0.0916. The van der Waals surface area contributed by atoms with Gasteiger partial charge in [-0.3, -0.25) is 4.79 Å². The summed E-state index contributed by atoms with van der Waals surface area (Å²) in [5.74, 6) is 0.545. The van der Waals surface area contributed by atoms with Crippen LogP contribution in [0.15, 0.2) is 42.5 Å². The zero-order valence-electron chi connectivity index (χ0n) is 12.5. The lowest BCUT2D eigenvalue weighted by Crippen LogP contribution is -2.28. The van der Waals surface area contributed by atoms with Gasteiger partial charge in [0.2, 0.25) is 0 Å². The first-order valence-corrected chi connectivity index (χ1v) is 7.39. The molecule has 1 atom stereocenters. The van der Waals surface area contributed by atoms with E-state index < -0.39 is 6.10 Å². The van der Waals surface area contributed by atoms with E-state index in [2.05, 4.69) is 5.32 Å². The summed E-state index contributed by atoms with van der Waals surface area (Å²) >= 11 is 0. The Bertz CT molecular complexity index is 780. The quantitative estimate of drug-likeness (QED) is 0.904. The zero-order valence-corrected chi connectivity index (χ0v) is 12.5. The molecule has 0 aromatic heterocycles. The van der Waals surface area contributed by atoms with Crippen LogP contribution in [0.1, 0.15) is 33.2 Å². The second kappa shape index (κ2) is 6.51. The molecule has 1 aliphatic heterocycles. The highest BCUT2D eigenvalue weighted by Gasteiger charge is 2.16. The van der Waals surface area contributed by atoms with Gasteiger partial charge in [-0.05, 0) is 41.5 Å². The van der Waals surface area contributed by atoms with Gasteiger partial charge in [-0.2, -0.15) is 5.26 Å². The lowest BCUT2D eigenvalue weighted by Gasteiger charge is -2.13. The molecule has 23 heavy (non-hydrogen) atoms. The Labute approximate surface area is 134 Å². The van der Waals surface area contributed by atoms with E-state index in [9.17, 15) is 9.90 Å². The molecule has 0 fully saturated rings. The zero-order chi connectivity index (χ0) is 16.2. The molecular formula is C18H16N2O3. The average Bonchev–Trinajstić information content (AvgIpc) is 3.07. The molecule has 0 radical (unpaired) electrons. The summed E-state index contributed by atoms with van der Waals surface area (Å²) in [4.78, 5) is 12.1. The van der Waals surface area contributed by atoms with Gasteiger partial charge >= 0.3 is 0 Å². The van der Waals surface area contributed by atoms with Gasteiger partial charge in [-0.25, -0.2) is 0 Å². The lowest BCUT2D eigenvalue weighted by atomic mass is 10.0. The number of ether oxygens (including phenoxy) is 1. The number of benzene rings is 2. The molecule has 0 saturated carbocycles. The first-order valence-electron chi connectivity index (χ1n) is 7.39. The Morgan fingerprint density at radius 1 is 1.35 bits per heavy atom. The molecule has 1 heterocycles. The number of nitrogens with zero attached hydrogens (tertiary/aromatic N) is 1. The summed E-state index contributed by atoms with van der Waals surface area (Å²) in [5, 5.41) is 21.8. The maximum absolute atomic E-state index is 12.1. The van der Waals surface area contributed by atoms with Crippen molar-refractivity contribution in [2.75, 3.05) is 13.2 Å². The maximum Gasteiger partial charge on any atom is 0.251 e. The van der Waals surface area contributed by atoms with Crippen molar-refractivity contribution < 1.29 is 14.6 Å². The van der Waals surface area contributed by atoms with Crippen LogP contribution in [-0.4, -0.2) is 24.2 Å². The summed E-state index contributed by atoms with van der Waals surface area (Å²) in [5.41, 5.74) is 2.66. The van der Waals surface area contributed by atoms with Crippen molar-refractivity contribution in [3.05, 3.63) is 64.7 Å². The Morgan fingerprint density at radius 2 is 2.22 bits per heavy atom. The number of aliphatic hydroxyl groups excluding tert-OH is 1. The third kappa shape index (κ3) is 3.33. The third-order valence-electron chi connectivity index (χ3n) is 3.81. The number of carbonyl (C=O) groups is 1. The number of carbonyl (C=O) groups excluding carboxylic acids is 1. The van der Waals surface area contributed by atoms with E-state index in [1.165, 1.54) is 6.07 Å². The van der Waals surface area contributed by atoms with Crippen molar-refractivity contribution >= 4 is 5.91 Å². The molecule has 3 rings (SSSR count). The third-order valence-corrected chi connectivity index (χ3v) is 3.81. The molecule has 2 aromatic carbocycles. The van der Waals surface area contributed by atoms with E-state index in [-0.39, 0.29) is 12.5 Å². The van der Waals surface area contributed by atoms with Crippen molar-refractivity contribution in [1.29, 1.82) is 5.26 Å². The van der Waals surface area contributed by atoms with Crippen LogP contribution >= 0.6 is 0 Å². The van der Waals surface area contributed by atoms with E-state index in [0.29, 0.717) is 17.7 Å². The van der Waals surface area contributed by atoms with Gasteiger partial charge in [-0.15, -0.1) is 0 Å². The second-order valence-electron chi connectivity index (χ2n) is 5.38. The molecule has 1 unspecified atom stereocenters. The molecule has 0 spiro atoms. The van der Waals surface area contributed by atoms with Gasteiger partial charge in [0, 0.05) is 18.5 Å². The normalized spacial score (nSPS) is 13.6. The van der Waals surface area contributed by atoms with Crippen LogP contribution < -0.4 is 10.1 Å². The smallest absolute Gasteiger partial charge is 0.251 e. The molecule has 2 aromatic rings. The summed E-state index contributed by atoms with van der Waals surface area (Å²) in [6.45, 7) is 0.774. The molecule has 1 aliphatic rings. The minimum absolute atomic E-state index is 0.106. The summed E-state index contributed by atoms with van der Waals surface area (Å²) in [6.07, 6.45) is 0.0485. The molecule has 116 valence electrons. The van der Waals surface area contributed by atoms with Gasteiger partial charge in [0.05, 0.1) is 24.3 Å². The van der Waals surface area contributed by atoms with Gasteiger partial charge in [-0.1, -0.05) is 12.1 Å². The van der Waals surface area contributed by atoms with Crippen LogP contribution in [0.2, 0.25) is 0 Å². The molecular weight excluding hydrogens is 292 g/mol. The topological polar surface area (TPSA) is 82.4 Å².